The van der Waals surface area contributed by atoms with Crippen LogP contribution in [0.4, 0.5) is 5.69 Å². The van der Waals surface area contributed by atoms with Gasteiger partial charge in [-0.25, -0.2) is 0 Å². The molecule has 3 rings (SSSR count). The van der Waals surface area contributed by atoms with Gasteiger partial charge in [0.2, 0.25) is 11.8 Å². The van der Waals surface area contributed by atoms with E-state index in [-0.39, 0.29) is 17.7 Å². The molecular formula is C20H26N2O3. The summed E-state index contributed by atoms with van der Waals surface area (Å²) in [7, 11) is 1.58. The van der Waals surface area contributed by atoms with Gasteiger partial charge in [0.05, 0.1) is 18.7 Å². The van der Waals surface area contributed by atoms with Crippen LogP contribution >= 0.6 is 0 Å². The lowest BCUT2D eigenvalue weighted by Crippen LogP contribution is -2.29. The highest BCUT2D eigenvalue weighted by molar-refractivity contribution is 5.98. The Labute approximate surface area is 149 Å². The molecule has 1 fully saturated rings. The van der Waals surface area contributed by atoms with Crippen LogP contribution in [0.1, 0.15) is 38.5 Å². The minimum absolute atomic E-state index is 0.0802. The van der Waals surface area contributed by atoms with Crippen LogP contribution in [0.3, 0.4) is 0 Å². The molecule has 0 bridgehead atoms. The first-order chi connectivity index (χ1) is 12.2. The summed E-state index contributed by atoms with van der Waals surface area (Å²) in [5.41, 5.74) is 2.11. The van der Waals surface area contributed by atoms with Gasteiger partial charge in [-0.1, -0.05) is 23.8 Å². The monoisotopic (exact) mass is 342 g/mol. The van der Waals surface area contributed by atoms with E-state index < -0.39 is 0 Å². The molecular weight excluding hydrogens is 316 g/mol. The van der Waals surface area contributed by atoms with E-state index >= 15 is 0 Å². The number of carbonyl (C=O) groups excluding carboxylic acids is 2. The molecule has 0 radical (unpaired) electrons. The first-order valence-corrected chi connectivity index (χ1v) is 9.07. The number of rotatable bonds is 6. The zero-order valence-corrected chi connectivity index (χ0v) is 14.8. The molecule has 25 heavy (non-hydrogen) atoms. The van der Waals surface area contributed by atoms with Gasteiger partial charge in [0.25, 0.3) is 0 Å². The maximum absolute atomic E-state index is 12.5. The lowest BCUT2D eigenvalue weighted by atomic mass is 9.97. The second-order valence-electron chi connectivity index (χ2n) is 6.79. The number of anilines is 1. The number of nitrogens with one attached hydrogen (secondary N) is 1. The minimum Gasteiger partial charge on any atom is -0.495 e. The van der Waals surface area contributed by atoms with E-state index in [0.717, 1.165) is 25.8 Å². The van der Waals surface area contributed by atoms with Crippen LogP contribution in [0.2, 0.25) is 0 Å². The number of hydrogen-bond donors (Lipinski definition) is 1. The van der Waals surface area contributed by atoms with Gasteiger partial charge in [-0.3, -0.25) is 9.59 Å². The van der Waals surface area contributed by atoms with Crippen LogP contribution in [0, 0.1) is 5.92 Å². The van der Waals surface area contributed by atoms with Gasteiger partial charge in [0, 0.05) is 19.5 Å². The van der Waals surface area contributed by atoms with E-state index in [1.807, 2.05) is 17.0 Å². The van der Waals surface area contributed by atoms with Gasteiger partial charge in [-0.2, -0.15) is 0 Å². The van der Waals surface area contributed by atoms with Crippen LogP contribution in [-0.2, 0) is 9.59 Å². The van der Waals surface area contributed by atoms with Crippen LogP contribution < -0.4 is 10.1 Å². The summed E-state index contributed by atoms with van der Waals surface area (Å²) in [5, 5.41) is 2.90. The Bertz CT molecular complexity index is 669. The SMILES string of the molecule is COc1ccccc1NC(=O)C1CC(=O)N(CCC2=CCCCC2)C1. The van der Waals surface area contributed by atoms with Crippen molar-refractivity contribution in [1.29, 1.82) is 0 Å². The van der Waals surface area contributed by atoms with E-state index in [1.165, 1.54) is 18.4 Å². The summed E-state index contributed by atoms with van der Waals surface area (Å²) < 4.78 is 5.26. The second-order valence-corrected chi connectivity index (χ2v) is 6.79. The molecule has 1 aliphatic heterocycles. The molecule has 1 saturated heterocycles. The topological polar surface area (TPSA) is 58.6 Å². The van der Waals surface area contributed by atoms with Crippen molar-refractivity contribution < 1.29 is 14.3 Å². The van der Waals surface area contributed by atoms with Crippen molar-refractivity contribution in [3.63, 3.8) is 0 Å². The van der Waals surface area contributed by atoms with Crippen molar-refractivity contribution in [2.45, 2.75) is 38.5 Å². The third-order valence-electron chi connectivity index (χ3n) is 5.04. The molecule has 134 valence electrons. The molecule has 5 nitrogen and oxygen atoms in total. The van der Waals surface area contributed by atoms with Crippen molar-refractivity contribution in [3.8, 4) is 5.75 Å². The number of likely N-dealkylation sites (tertiary alicyclic amines) is 1. The normalized spacial score (nSPS) is 20.4. The Morgan fingerprint density at radius 1 is 1.32 bits per heavy atom. The molecule has 0 saturated carbocycles. The lowest BCUT2D eigenvalue weighted by Gasteiger charge is -2.19. The first kappa shape index (κ1) is 17.5. The quantitative estimate of drug-likeness (QED) is 0.806. The Kier molecular flexibility index (Phi) is 5.74. The number of carbonyl (C=O) groups is 2. The number of amides is 2. The highest BCUT2D eigenvalue weighted by Gasteiger charge is 2.34. The molecule has 1 heterocycles. The van der Waals surface area contributed by atoms with E-state index in [4.69, 9.17) is 4.74 Å². The number of allylic oxidation sites excluding steroid dienone is 1. The molecule has 2 amide bonds. The fourth-order valence-electron chi connectivity index (χ4n) is 3.56. The van der Waals surface area contributed by atoms with Crippen molar-refractivity contribution in [2.24, 2.45) is 5.92 Å². The molecule has 5 heteroatoms. The first-order valence-electron chi connectivity index (χ1n) is 9.07. The maximum atomic E-state index is 12.5. The molecule has 1 aliphatic carbocycles. The predicted molar refractivity (Wildman–Crippen MR) is 97.5 cm³/mol. The molecule has 1 atom stereocenters. The largest absolute Gasteiger partial charge is 0.495 e. The molecule has 0 spiro atoms. The molecule has 2 aliphatic rings. The van der Waals surface area contributed by atoms with Gasteiger partial charge in [-0.05, 0) is 44.2 Å². The number of para-hydroxylation sites is 2. The van der Waals surface area contributed by atoms with Crippen LogP contribution in [0.5, 0.6) is 5.75 Å². The Morgan fingerprint density at radius 2 is 2.16 bits per heavy atom. The Balaban J connectivity index is 1.54. The number of hydrogen-bond acceptors (Lipinski definition) is 3. The number of methoxy groups -OCH3 is 1. The van der Waals surface area contributed by atoms with E-state index in [1.54, 1.807) is 19.2 Å². The summed E-state index contributed by atoms with van der Waals surface area (Å²) in [5.74, 6) is 0.299. The Morgan fingerprint density at radius 3 is 2.92 bits per heavy atom. The van der Waals surface area contributed by atoms with Crippen LogP contribution in [0.15, 0.2) is 35.9 Å². The predicted octanol–water partition coefficient (Wildman–Crippen LogP) is 3.37. The lowest BCUT2D eigenvalue weighted by molar-refractivity contribution is -0.128. The van der Waals surface area contributed by atoms with Crippen molar-refractivity contribution in [3.05, 3.63) is 35.9 Å². The fourth-order valence-corrected chi connectivity index (χ4v) is 3.56. The average Bonchev–Trinajstić information content (AvgIpc) is 3.02. The summed E-state index contributed by atoms with van der Waals surface area (Å²) in [6.45, 7) is 1.23. The third-order valence-corrected chi connectivity index (χ3v) is 5.04. The standard InChI is InChI=1S/C20H26N2O3/c1-25-18-10-6-5-9-17(18)21-20(24)16-13-19(23)22(14-16)12-11-15-7-3-2-4-8-15/h5-7,9-10,16H,2-4,8,11-14H2,1H3,(H,21,24). The highest BCUT2D eigenvalue weighted by atomic mass is 16.5. The summed E-state index contributed by atoms with van der Waals surface area (Å²) in [4.78, 5) is 26.6. The average molecular weight is 342 g/mol. The third kappa shape index (κ3) is 4.41. The van der Waals surface area contributed by atoms with Gasteiger partial charge in [0.15, 0.2) is 0 Å². The van der Waals surface area contributed by atoms with Gasteiger partial charge >= 0.3 is 0 Å². The Hall–Kier alpha value is -2.30. The highest BCUT2D eigenvalue weighted by Crippen LogP contribution is 2.27. The van der Waals surface area contributed by atoms with Crippen LogP contribution in [0.25, 0.3) is 0 Å². The molecule has 0 aromatic heterocycles. The zero-order valence-electron chi connectivity index (χ0n) is 14.8. The van der Waals surface area contributed by atoms with E-state index in [2.05, 4.69) is 11.4 Å². The summed E-state index contributed by atoms with van der Waals surface area (Å²) in [6.07, 6.45) is 8.39. The zero-order chi connectivity index (χ0) is 17.6. The summed E-state index contributed by atoms with van der Waals surface area (Å²) >= 11 is 0. The maximum Gasteiger partial charge on any atom is 0.229 e. The van der Waals surface area contributed by atoms with Crippen LogP contribution in [-0.4, -0.2) is 36.9 Å². The molecule has 1 aromatic carbocycles. The molecule has 1 N–H and O–H groups in total. The fraction of sp³-hybridized carbons (Fsp3) is 0.500. The van der Waals surface area contributed by atoms with Gasteiger partial charge in [0.1, 0.15) is 5.75 Å². The van der Waals surface area contributed by atoms with Gasteiger partial charge < -0.3 is 15.0 Å². The number of nitrogens with zero attached hydrogens (tertiary/aromatic N) is 1. The second kappa shape index (κ2) is 8.19. The van der Waals surface area contributed by atoms with Crippen molar-refractivity contribution in [2.75, 3.05) is 25.5 Å². The van der Waals surface area contributed by atoms with E-state index in [9.17, 15) is 9.59 Å². The number of benzene rings is 1. The van der Waals surface area contributed by atoms with Crippen molar-refractivity contribution >= 4 is 17.5 Å². The van der Waals surface area contributed by atoms with Crippen molar-refractivity contribution in [1.82, 2.24) is 4.90 Å². The number of ether oxygens (including phenoxy) is 1. The van der Waals surface area contributed by atoms with E-state index in [0.29, 0.717) is 24.4 Å². The van der Waals surface area contributed by atoms with Gasteiger partial charge in [-0.15, -0.1) is 0 Å². The smallest absolute Gasteiger partial charge is 0.229 e. The minimum atomic E-state index is -0.294. The molecule has 1 unspecified atom stereocenters. The summed E-state index contributed by atoms with van der Waals surface area (Å²) in [6, 6.07) is 7.32. The molecule has 1 aromatic rings.